The summed E-state index contributed by atoms with van der Waals surface area (Å²) in [4.78, 5) is 12.5. The molecule has 25 heavy (non-hydrogen) atoms. The van der Waals surface area contributed by atoms with Crippen molar-refractivity contribution < 1.29 is 4.39 Å². The molecule has 0 aromatic carbocycles. The molecule has 0 radical (unpaired) electrons. The molecule has 4 rings (SSSR count). The number of rotatable bonds is 3. The quantitative estimate of drug-likeness (QED) is 0.517. The van der Waals surface area contributed by atoms with E-state index in [1.807, 2.05) is 12.3 Å². The molecule has 0 aliphatic carbocycles. The molecule has 4 aromatic heterocycles. The lowest BCUT2D eigenvalue weighted by Crippen LogP contribution is -1.99. The predicted molar refractivity (Wildman–Crippen MR) is 94.2 cm³/mol. The largest absolute Gasteiger partial charge is 0.264 e. The molecular formula is C18H13ClFN5. The second kappa shape index (κ2) is 6.22. The molecule has 0 atom stereocenters. The van der Waals surface area contributed by atoms with Crippen LogP contribution in [0.25, 0.3) is 28.0 Å². The second-order valence-corrected chi connectivity index (χ2v) is 5.99. The predicted octanol–water partition coefficient (Wildman–Crippen LogP) is 4.23. The molecule has 0 saturated carbocycles. The van der Waals surface area contributed by atoms with Crippen molar-refractivity contribution in [3.05, 3.63) is 65.6 Å². The highest BCUT2D eigenvalue weighted by Crippen LogP contribution is 2.23. The van der Waals surface area contributed by atoms with Crippen LogP contribution in [0.3, 0.4) is 0 Å². The highest BCUT2D eigenvalue weighted by Gasteiger charge is 2.09. The van der Waals surface area contributed by atoms with Crippen LogP contribution < -0.4 is 0 Å². The summed E-state index contributed by atoms with van der Waals surface area (Å²) in [5.41, 5.74) is 3.61. The van der Waals surface area contributed by atoms with Crippen molar-refractivity contribution in [2.45, 2.75) is 13.3 Å². The zero-order valence-corrected chi connectivity index (χ0v) is 14.1. The third-order valence-electron chi connectivity index (χ3n) is 3.91. The second-order valence-electron chi connectivity index (χ2n) is 5.58. The van der Waals surface area contributed by atoms with Crippen LogP contribution in [0, 0.1) is 5.95 Å². The molecule has 0 N–H and O–H groups in total. The first kappa shape index (κ1) is 15.7. The fraction of sp³-hybridized carbons (Fsp3) is 0.111. The Bertz CT molecular complexity index is 1080. The minimum atomic E-state index is -0.722. The molecule has 7 heteroatoms. The summed E-state index contributed by atoms with van der Waals surface area (Å²) in [5.74, 6) is -0.366. The van der Waals surface area contributed by atoms with Gasteiger partial charge in [0.2, 0.25) is 5.95 Å². The lowest BCUT2D eigenvalue weighted by molar-refractivity contribution is 0.578. The topological polar surface area (TPSA) is 56.5 Å². The number of aromatic nitrogens is 5. The van der Waals surface area contributed by atoms with Gasteiger partial charge in [0, 0.05) is 35.7 Å². The summed E-state index contributed by atoms with van der Waals surface area (Å²) >= 11 is 5.68. The van der Waals surface area contributed by atoms with Gasteiger partial charge in [0.15, 0.2) is 5.82 Å². The van der Waals surface area contributed by atoms with Crippen LogP contribution in [0.4, 0.5) is 4.39 Å². The van der Waals surface area contributed by atoms with E-state index in [0.717, 1.165) is 34.1 Å². The molecule has 4 aromatic rings. The van der Waals surface area contributed by atoms with Gasteiger partial charge in [-0.3, -0.25) is 9.97 Å². The minimum absolute atomic E-state index is 0.0206. The molecule has 0 unspecified atom stereocenters. The Hall–Kier alpha value is -2.86. The van der Waals surface area contributed by atoms with Gasteiger partial charge in [-0.05, 0) is 36.2 Å². The zero-order valence-electron chi connectivity index (χ0n) is 13.3. The zero-order chi connectivity index (χ0) is 17.4. The van der Waals surface area contributed by atoms with Crippen LogP contribution in [0.15, 0.2) is 49.1 Å². The number of hydrogen-bond donors (Lipinski definition) is 0. The van der Waals surface area contributed by atoms with Crippen molar-refractivity contribution in [2.75, 3.05) is 0 Å². The first-order valence-corrected chi connectivity index (χ1v) is 8.14. The molecule has 0 fully saturated rings. The van der Waals surface area contributed by atoms with Gasteiger partial charge < -0.3 is 0 Å². The van der Waals surface area contributed by atoms with Gasteiger partial charge in [0.1, 0.15) is 0 Å². The standard InChI is InChI=1S/C18H13ClFN5/c1-2-11-5-12(8-21-7-11)15-6-16-13(9-22-15)10-25(24-16)17-4-3-14(19)18(20)23-17/h3-10H,2H2,1H3. The normalized spacial score (nSPS) is 11.2. The van der Waals surface area contributed by atoms with Crippen LogP contribution >= 0.6 is 11.6 Å². The molecular weight excluding hydrogens is 341 g/mol. The van der Waals surface area contributed by atoms with E-state index in [-0.39, 0.29) is 5.02 Å². The first-order valence-electron chi connectivity index (χ1n) is 7.76. The van der Waals surface area contributed by atoms with Crippen molar-refractivity contribution in [1.82, 2.24) is 24.7 Å². The molecule has 0 aliphatic rings. The lowest BCUT2D eigenvalue weighted by Gasteiger charge is -2.02. The number of hydrogen-bond acceptors (Lipinski definition) is 4. The highest BCUT2D eigenvalue weighted by atomic mass is 35.5. The number of halogens is 2. The van der Waals surface area contributed by atoms with Crippen molar-refractivity contribution in [3.8, 4) is 17.1 Å². The number of aryl methyl sites for hydroxylation is 1. The van der Waals surface area contributed by atoms with Gasteiger partial charge in [-0.2, -0.15) is 14.5 Å². The van der Waals surface area contributed by atoms with Crippen molar-refractivity contribution >= 4 is 22.5 Å². The molecule has 5 nitrogen and oxygen atoms in total. The molecule has 124 valence electrons. The van der Waals surface area contributed by atoms with E-state index in [1.54, 1.807) is 24.7 Å². The van der Waals surface area contributed by atoms with Gasteiger partial charge in [-0.25, -0.2) is 4.68 Å². The monoisotopic (exact) mass is 353 g/mol. The number of fused-ring (bicyclic) bond motifs is 1. The average molecular weight is 354 g/mol. The maximum Gasteiger partial charge on any atom is 0.233 e. The van der Waals surface area contributed by atoms with E-state index < -0.39 is 5.95 Å². The lowest BCUT2D eigenvalue weighted by atomic mass is 10.1. The van der Waals surface area contributed by atoms with Crippen LogP contribution in [0.2, 0.25) is 5.02 Å². The van der Waals surface area contributed by atoms with E-state index in [1.165, 1.54) is 10.7 Å². The van der Waals surface area contributed by atoms with Crippen molar-refractivity contribution in [2.24, 2.45) is 0 Å². The summed E-state index contributed by atoms with van der Waals surface area (Å²) in [6.07, 6.45) is 8.02. The molecule has 0 aliphatic heterocycles. The summed E-state index contributed by atoms with van der Waals surface area (Å²) in [6, 6.07) is 7.01. The smallest absolute Gasteiger partial charge is 0.233 e. The van der Waals surface area contributed by atoms with E-state index in [4.69, 9.17) is 11.6 Å². The van der Waals surface area contributed by atoms with E-state index in [9.17, 15) is 4.39 Å². The molecule has 0 amide bonds. The van der Waals surface area contributed by atoms with Crippen LogP contribution in [-0.4, -0.2) is 24.7 Å². The molecule has 4 heterocycles. The summed E-state index contributed by atoms with van der Waals surface area (Å²) in [7, 11) is 0. The van der Waals surface area contributed by atoms with Crippen LogP contribution in [0.1, 0.15) is 12.5 Å². The van der Waals surface area contributed by atoms with Gasteiger partial charge in [-0.15, -0.1) is 0 Å². The van der Waals surface area contributed by atoms with Crippen molar-refractivity contribution in [3.63, 3.8) is 0 Å². The number of pyridine rings is 3. The van der Waals surface area contributed by atoms with Crippen LogP contribution in [0.5, 0.6) is 0 Å². The molecule has 0 bridgehead atoms. The Kier molecular flexibility index (Phi) is 3.89. The summed E-state index contributed by atoms with van der Waals surface area (Å²) < 4.78 is 15.1. The van der Waals surface area contributed by atoms with Crippen LogP contribution in [-0.2, 0) is 6.42 Å². The third kappa shape index (κ3) is 2.96. The Balaban J connectivity index is 1.77. The fourth-order valence-electron chi connectivity index (χ4n) is 2.55. The van der Waals surface area contributed by atoms with E-state index in [2.05, 4.69) is 33.0 Å². The van der Waals surface area contributed by atoms with Gasteiger partial charge in [0.25, 0.3) is 0 Å². The third-order valence-corrected chi connectivity index (χ3v) is 4.19. The Morgan fingerprint density at radius 2 is 2.04 bits per heavy atom. The minimum Gasteiger partial charge on any atom is -0.264 e. The average Bonchev–Trinajstić information content (AvgIpc) is 3.07. The SMILES string of the molecule is CCc1cncc(-c2cc3nn(-c4ccc(Cl)c(F)n4)cc3cn2)c1. The Morgan fingerprint density at radius 1 is 1.16 bits per heavy atom. The molecule has 0 saturated heterocycles. The van der Waals surface area contributed by atoms with Gasteiger partial charge in [0.05, 0.1) is 16.2 Å². The first-order chi connectivity index (χ1) is 12.1. The maximum atomic E-state index is 13.6. The maximum absolute atomic E-state index is 13.6. The summed E-state index contributed by atoms with van der Waals surface area (Å²) in [6.45, 7) is 2.08. The van der Waals surface area contributed by atoms with Crippen molar-refractivity contribution in [1.29, 1.82) is 0 Å². The van der Waals surface area contributed by atoms with E-state index in [0.29, 0.717) is 5.82 Å². The Labute approximate surface area is 148 Å². The Morgan fingerprint density at radius 3 is 2.84 bits per heavy atom. The number of nitrogens with zero attached hydrogens (tertiary/aromatic N) is 5. The van der Waals surface area contributed by atoms with Gasteiger partial charge >= 0.3 is 0 Å². The highest BCUT2D eigenvalue weighted by molar-refractivity contribution is 6.30. The van der Waals surface area contributed by atoms with E-state index >= 15 is 0 Å². The van der Waals surface area contributed by atoms with Gasteiger partial charge in [-0.1, -0.05) is 18.5 Å². The molecule has 0 spiro atoms. The fourth-order valence-corrected chi connectivity index (χ4v) is 2.65. The summed E-state index contributed by atoms with van der Waals surface area (Å²) in [5, 5.41) is 5.28.